The highest BCUT2D eigenvalue weighted by atomic mass is 32.2. The van der Waals surface area contributed by atoms with Crippen LogP contribution in [-0.4, -0.2) is 5.75 Å². The number of hydrogen-bond donors (Lipinski definition) is 0. The van der Waals surface area contributed by atoms with E-state index in [0.29, 0.717) is 0 Å². The molecule has 14 heavy (non-hydrogen) atoms. The van der Waals surface area contributed by atoms with Gasteiger partial charge in [-0.2, -0.15) is 11.8 Å². The van der Waals surface area contributed by atoms with Crippen molar-refractivity contribution in [2.45, 2.75) is 25.5 Å². The van der Waals surface area contributed by atoms with Gasteiger partial charge in [-0.05, 0) is 23.3 Å². The van der Waals surface area contributed by atoms with Crippen LogP contribution in [0.2, 0.25) is 0 Å². The summed E-state index contributed by atoms with van der Waals surface area (Å²) in [5.41, 5.74) is 2.63. The molecule has 1 aromatic carbocycles. The Balaban J connectivity index is 2.38. The van der Waals surface area contributed by atoms with Crippen molar-refractivity contribution >= 4 is 17.8 Å². The van der Waals surface area contributed by atoms with Gasteiger partial charge < -0.3 is 0 Å². The second-order valence-electron chi connectivity index (χ2n) is 3.36. The Morgan fingerprint density at radius 2 is 2.29 bits per heavy atom. The molecular formula is C13H18S. The Morgan fingerprint density at radius 1 is 1.43 bits per heavy atom. The number of unbranched alkanes of at least 4 members (excludes halogenated alkanes) is 1. The lowest BCUT2D eigenvalue weighted by molar-refractivity contribution is 0.896. The van der Waals surface area contributed by atoms with E-state index in [1.807, 2.05) is 17.8 Å². The van der Waals surface area contributed by atoms with Gasteiger partial charge in [0.25, 0.3) is 0 Å². The van der Waals surface area contributed by atoms with Gasteiger partial charge in [-0.15, -0.1) is 0 Å². The zero-order valence-electron chi connectivity index (χ0n) is 8.83. The fourth-order valence-corrected chi connectivity index (χ4v) is 2.30. The van der Waals surface area contributed by atoms with Crippen LogP contribution in [0.1, 0.15) is 30.9 Å². The third-order valence-electron chi connectivity index (χ3n) is 2.10. The summed E-state index contributed by atoms with van der Waals surface area (Å²) >= 11 is 2.02. The standard InChI is InChI=1S/C13H18S/c1-3-5-9-14-11-13-8-6-7-12(4-2)10-13/h4,6-8,10H,2-3,5,9,11H2,1H3. The molecule has 0 aromatic heterocycles. The van der Waals surface area contributed by atoms with Crippen molar-refractivity contribution in [3.8, 4) is 0 Å². The van der Waals surface area contributed by atoms with Crippen LogP contribution in [0.4, 0.5) is 0 Å². The Bertz CT molecular complexity index is 278. The fourth-order valence-electron chi connectivity index (χ4n) is 1.25. The summed E-state index contributed by atoms with van der Waals surface area (Å²) in [5, 5.41) is 0. The Kier molecular flexibility index (Phi) is 5.46. The van der Waals surface area contributed by atoms with Crippen molar-refractivity contribution < 1.29 is 0 Å². The average molecular weight is 206 g/mol. The van der Waals surface area contributed by atoms with Crippen molar-refractivity contribution in [3.05, 3.63) is 42.0 Å². The van der Waals surface area contributed by atoms with Crippen molar-refractivity contribution in [3.63, 3.8) is 0 Å². The van der Waals surface area contributed by atoms with E-state index < -0.39 is 0 Å². The molecule has 0 N–H and O–H groups in total. The van der Waals surface area contributed by atoms with Crippen molar-refractivity contribution in [2.24, 2.45) is 0 Å². The second-order valence-corrected chi connectivity index (χ2v) is 4.46. The van der Waals surface area contributed by atoms with E-state index in [9.17, 15) is 0 Å². The normalized spacial score (nSPS) is 10.1. The lowest BCUT2D eigenvalue weighted by Gasteiger charge is -2.02. The molecular weight excluding hydrogens is 188 g/mol. The molecule has 0 unspecified atom stereocenters. The molecule has 76 valence electrons. The highest BCUT2D eigenvalue weighted by Crippen LogP contribution is 2.15. The fraction of sp³-hybridized carbons (Fsp3) is 0.385. The summed E-state index contributed by atoms with van der Waals surface area (Å²) in [6.45, 7) is 6.01. The largest absolute Gasteiger partial charge is 0.157 e. The van der Waals surface area contributed by atoms with E-state index in [-0.39, 0.29) is 0 Å². The maximum atomic E-state index is 3.77. The van der Waals surface area contributed by atoms with Crippen LogP contribution in [-0.2, 0) is 5.75 Å². The average Bonchev–Trinajstić information content (AvgIpc) is 2.25. The van der Waals surface area contributed by atoms with Crippen LogP contribution in [0.5, 0.6) is 0 Å². The molecule has 0 bridgehead atoms. The Hall–Kier alpha value is -0.690. The van der Waals surface area contributed by atoms with Gasteiger partial charge in [-0.1, -0.05) is 50.3 Å². The van der Waals surface area contributed by atoms with Gasteiger partial charge in [-0.3, -0.25) is 0 Å². The lowest BCUT2D eigenvalue weighted by Crippen LogP contribution is -1.84. The summed E-state index contributed by atoms with van der Waals surface area (Å²) in [5.74, 6) is 2.40. The third-order valence-corrected chi connectivity index (χ3v) is 3.21. The topological polar surface area (TPSA) is 0 Å². The first-order chi connectivity index (χ1) is 6.86. The van der Waals surface area contributed by atoms with E-state index >= 15 is 0 Å². The maximum absolute atomic E-state index is 3.77. The zero-order chi connectivity index (χ0) is 10.2. The summed E-state index contributed by atoms with van der Waals surface area (Å²) in [6.07, 6.45) is 4.52. The van der Waals surface area contributed by atoms with E-state index in [1.54, 1.807) is 0 Å². The molecule has 0 radical (unpaired) electrons. The lowest BCUT2D eigenvalue weighted by atomic mass is 10.1. The molecule has 0 saturated heterocycles. The third kappa shape index (κ3) is 4.01. The van der Waals surface area contributed by atoms with Gasteiger partial charge in [0.1, 0.15) is 0 Å². The Morgan fingerprint density at radius 3 is 3.00 bits per heavy atom. The van der Waals surface area contributed by atoms with Gasteiger partial charge in [0.05, 0.1) is 0 Å². The van der Waals surface area contributed by atoms with Gasteiger partial charge in [0, 0.05) is 5.75 Å². The van der Waals surface area contributed by atoms with Crippen LogP contribution in [0.15, 0.2) is 30.8 Å². The highest BCUT2D eigenvalue weighted by molar-refractivity contribution is 7.98. The van der Waals surface area contributed by atoms with Gasteiger partial charge in [0.2, 0.25) is 0 Å². The summed E-state index contributed by atoms with van der Waals surface area (Å²) in [7, 11) is 0. The van der Waals surface area contributed by atoms with Crippen molar-refractivity contribution in [1.82, 2.24) is 0 Å². The summed E-state index contributed by atoms with van der Waals surface area (Å²) in [4.78, 5) is 0. The molecule has 0 saturated carbocycles. The first-order valence-corrected chi connectivity index (χ1v) is 6.31. The second kappa shape index (κ2) is 6.72. The number of hydrogen-bond acceptors (Lipinski definition) is 1. The smallest absolute Gasteiger partial charge is 0.0184 e. The molecule has 0 aliphatic carbocycles. The monoisotopic (exact) mass is 206 g/mol. The molecule has 1 heteroatoms. The van der Waals surface area contributed by atoms with Crippen LogP contribution in [0.25, 0.3) is 6.08 Å². The van der Waals surface area contributed by atoms with Gasteiger partial charge in [-0.25, -0.2) is 0 Å². The van der Waals surface area contributed by atoms with Crippen molar-refractivity contribution in [2.75, 3.05) is 5.75 Å². The van der Waals surface area contributed by atoms with Gasteiger partial charge >= 0.3 is 0 Å². The molecule has 1 rings (SSSR count). The molecule has 0 aliphatic heterocycles. The molecule has 0 heterocycles. The van der Waals surface area contributed by atoms with Crippen LogP contribution in [0.3, 0.4) is 0 Å². The first kappa shape index (κ1) is 11.4. The molecule has 0 spiro atoms. The predicted molar refractivity (Wildman–Crippen MR) is 67.6 cm³/mol. The highest BCUT2D eigenvalue weighted by Gasteiger charge is 1.94. The molecule has 0 nitrogen and oxygen atoms in total. The number of benzene rings is 1. The summed E-state index contributed by atoms with van der Waals surface area (Å²) in [6, 6.07) is 8.60. The summed E-state index contributed by atoms with van der Waals surface area (Å²) < 4.78 is 0. The molecule has 0 atom stereocenters. The minimum atomic E-state index is 1.13. The first-order valence-electron chi connectivity index (χ1n) is 5.16. The minimum absolute atomic E-state index is 1.13. The molecule has 0 amide bonds. The molecule has 0 fully saturated rings. The SMILES string of the molecule is C=Cc1cccc(CSCCCC)c1. The number of thioether (sulfide) groups is 1. The number of rotatable bonds is 6. The molecule has 1 aromatic rings. The zero-order valence-corrected chi connectivity index (χ0v) is 9.65. The van der Waals surface area contributed by atoms with Crippen molar-refractivity contribution in [1.29, 1.82) is 0 Å². The van der Waals surface area contributed by atoms with E-state index in [1.165, 1.54) is 29.7 Å². The minimum Gasteiger partial charge on any atom is -0.157 e. The van der Waals surface area contributed by atoms with Crippen LogP contribution < -0.4 is 0 Å². The maximum Gasteiger partial charge on any atom is 0.0184 e. The predicted octanol–water partition coefficient (Wildman–Crippen LogP) is 4.36. The Labute approximate surface area is 91.4 Å². The van der Waals surface area contributed by atoms with Gasteiger partial charge in [0.15, 0.2) is 0 Å². The quantitative estimate of drug-likeness (QED) is 0.623. The molecule has 0 aliphatic rings. The van der Waals surface area contributed by atoms with E-state index in [0.717, 1.165) is 5.75 Å². The van der Waals surface area contributed by atoms with Crippen LogP contribution >= 0.6 is 11.8 Å². The van der Waals surface area contributed by atoms with E-state index in [2.05, 4.69) is 37.8 Å². The van der Waals surface area contributed by atoms with Crippen LogP contribution in [0, 0.1) is 0 Å². The van der Waals surface area contributed by atoms with E-state index in [4.69, 9.17) is 0 Å².